The third-order valence-electron chi connectivity index (χ3n) is 6.01. The molecule has 0 radical (unpaired) electrons. The molecule has 2 unspecified atom stereocenters. The summed E-state index contributed by atoms with van der Waals surface area (Å²) in [4.78, 5) is 23.0. The van der Waals surface area contributed by atoms with E-state index in [1.54, 1.807) is 18.4 Å². The van der Waals surface area contributed by atoms with Gasteiger partial charge in [-0.15, -0.1) is 21.5 Å². The number of nitrogens with zero attached hydrogens (tertiary/aromatic N) is 4. The van der Waals surface area contributed by atoms with Crippen LogP contribution in [0.2, 0.25) is 0 Å². The Balaban J connectivity index is 1.43. The molecule has 4 aromatic rings. The van der Waals surface area contributed by atoms with E-state index in [0.717, 1.165) is 51.8 Å². The number of nitrogens with one attached hydrogen (secondary N) is 1. The van der Waals surface area contributed by atoms with Crippen molar-refractivity contribution in [2.75, 3.05) is 7.11 Å². The lowest BCUT2D eigenvalue weighted by Gasteiger charge is -2.17. The summed E-state index contributed by atoms with van der Waals surface area (Å²) in [6.07, 6.45) is 3.15. The fourth-order valence-electron chi connectivity index (χ4n) is 4.20. The quantitative estimate of drug-likeness (QED) is 0.426. The number of hydrogen-bond donors (Lipinski definition) is 1. The molecule has 9 heteroatoms. The van der Waals surface area contributed by atoms with Crippen molar-refractivity contribution in [3.8, 4) is 17.1 Å². The predicted octanol–water partition coefficient (Wildman–Crippen LogP) is 4.77. The fraction of sp³-hybridized carbons (Fsp3) is 0.391. The molecule has 0 amide bonds. The second kappa shape index (κ2) is 8.37. The molecule has 166 valence electrons. The van der Waals surface area contributed by atoms with Crippen LogP contribution >= 0.6 is 23.1 Å². The van der Waals surface area contributed by atoms with Crippen LogP contribution in [0.4, 0.5) is 0 Å². The van der Waals surface area contributed by atoms with E-state index in [2.05, 4.69) is 22.1 Å². The van der Waals surface area contributed by atoms with Crippen LogP contribution in [0.25, 0.3) is 21.6 Å². The molecular formula is C23H25N5O2S2. The number of H-pyrrole nitrogens is 1. The Morgan fingerprint density at radius 3 is 3.00 bits per heavy atom. The van der Waals surface area contributed by atoms with Crippen molar-refractivity contribution in [3.63, 3.8) is 0 Å². The van der Waals surface area contributed by atoms with E-state index in [0.29, 0.717) is 11.7 Å². The van der Waals surface area contributed by atoms with E-state index in [4.69, 9.17) is 9.72 Å². The lowest BCUT2D eigenvalue weighted by Crippen LogP contribution is -2.15. The van der Waals surface area contributed by atoms with Crippen molar-refractivity contribution in [2.24, 2.45) is 13.0 Å². The first-order chi connectivity index (χ1) is 15.4. The minimum atomic E-state index is -0.0776. The minimum absolute atomic E-state index is 0.0282. The van der Waals surface area contributed by atoms with Crippen LogP contribution in [-0.4, -0.2) is 31.8 Å². The highest BCUT2D eigenvalue weighted by Gasteiger charge is 2.24. The monoisotopic (exact) mass is 467 g/mol. The van der Waals surface area contributed by atoms with Gasteiger partial charge in [0.05, 0.1) is 17.7 Å². The first-order valence-corrected chi connectivity index (χ1v) is 12.4. The summed E-state index contributed by atoms with van der Waals surface area (Å²) in [5, 5.41) is 10.2. The predicted molar refractivity (Wildman–Crippen MR) is 129 cm³/mol. The normalized spacial score (nSPS) is 16.8. The summed E-state index contributed by atoms with van der Waals surface area (Å²) in [5.41, 5.74) is 2.12. The van der Waals surface area contributed by atoms with Crippen LogP contribution in [0.5, 0.6) is 5.75 Å². The number of aryl methyl sites for hydroxylation is 1. The lowest BCUT2D eigenvalue weighted by atomic mass is 9.89. The number of aromatic amines is 1. The molecule has 0 fully saturated rings. The van der Waals surface area contributed by atoms with E-state index in [9.17, 15) is 4.79 Å². The average molecular weight is 468 g/mol. The summed E-state index contributed by atoms with van der Waals surface area (Å²) in [6.45, 7) is 4.31. The Hall–Kier alpha value is -2.65. The molecule has 0 spiro atoms. The number of thiophene rings is 1. The molecular weight excluding hydrogens is 442 g/mol. The summed E-state index contributed by atoms with van der Waals surface area (Å²) in [5.74, 6) is 2.87. The van der Waals surface area contributed by atoms with Gasteiger partial charge in [-0.1, -0.05) is 30.8 Å². The van der Waals surface area contributed by atoms with Gasteiger partial charge in [0.25, 0.3) is 5.56 Å². The van der Waals surface area contributed by atoms with Gasteiger partial charge in [-0.05, 0) is 49.8 Å². The number of ether oxygens (including phenoxy) is 1. The molecule has 3 heterocycles. The highest BCUT2D eigenvalue weighted by molar-refractivity contribution is 7.99. The summed E-state index contributed by atoms with van der Waals surface area (Å²) in [7, 11) is 3.59. The third-order valence-corrected chi connectivity index (χ3v) is 8.31. The Morgan fingerprint density at radius 1 is 1.34 bits per heavy atom. The molecule has 1 N–H and O–H groups in total. The smallest absolute Gasteiger partial charge is 0.259 e. The van der Waals surface area contributed by atoms with Gasteiger partial charge < -0.3 is 14.3 Å². The topological polar surface area (TPSA) is 85.7 Å². The minimum Gasteiger partial charge on any atom is -0.497 e. The van der Waals surface area contributed by atoms with Gasteiger partial charge in [-0.25, -0.2) is 4.98 Å². The van der Waals surface area contributed by atoms with Gasteiger partial charge in [0.1, 0.15) is 16.4 Å². The fourth-order valence-corrected chi connectivity index (χ4v) is 6.47. The third kappa shape index (κ3) is 3.73. The highest BCUT2D eigenvalue weighted by atomic mass is 32.2. The first kappa shape index (κ1) is 21.2. The molecule has 32 heavy (non-hydrogen) atoms. The number of rotatable bonds is 5. The Bertz CT molecular complexity index is 1360. The molecule has 3 aromatic heterocycles. The van der Waals surface area contributed by atoms with Crippen LogP contribution in [0.15, 0.2) is 34.2 Å². The van der Waals surface area contributed by atoms with E-state index >= 15 is 0 Å². The molecule has 7 nitrogen and oxygen atoms in total. The zero-order valence-corrected chi connectivity index (χ0v) is 20.1. The molecule has 5 rings (SSSR count). The molecule has 0 bridgehead atoms. The van der Waals surface area contributed by atoms with Crippen LogP contribution in [-0.2, 0) is 19.9 Å². The van der Waals surface area contributed by atoms with Crippen molar-refractivity contribution in [2.45, 2.75) is 43.5 Å². The molecule has 1 aliphatic rings. The zero-order valence-electron chi connectivity index (χ0n) is 18.5. The number of fused-ring (bicyclic) bond motifs is 3. The van der Waals surface area contributed by atoms with Crippen molar-refractivity contribution >= 4 is 33.3 Å². The summed E-state index contributed by atoms with van der Waals surface area (Å²) >= 11 is 3.21. The number of aromatic nitrogens is 5. The molecule has 1 aliphatic carbocycles. The highest BCUT2D eigenvalue weighted by Crippen LogP contribution is 2.38. The number of thioether (sulfide) groups is 1. The van der Waals surface area contributed by atoms with Gasteiger partial charge in [-0.2, -0.15) is 0 Å². The zero-order chi connectivity index (χ0) is 22.4. The maximum absolute atomic E-state index is 12.9. The molecule has 0 saturated heterocycles. The summed E-state index contributed by atoms with van der Waals surface area (Å²) in [6, 6.07) is 7.76. The van der Waals surface area contributed by atoms with Gasteiger partial charge in [0.2, 0.25) is 0 Å². The van der Waals surface area contributed by atoms with Crippen molar-refractivity contribution in [3.05, 3.63) is 50.9 Å². The number of methoxy groups -OCH3 is 1. The van der Waals surface area contributed by atoms with Crippen molar-refractivity contribution in [1.82, 2.24) is 24.7 Å². The van der Waals surface area contributed by atoms with E-state index in [-0.39, 0.29) is 10.8 Å². The van der Waals surface area contributed by atoms with E-state index < -0.39 is 0 Å². The Morgan fingerprint density at radius 2 is 2.19 bits per heavy atom. The standard InChI is InChI=1S/C23H25N5O2S2/c1-12-8-9-16-17(10-12)32-22-18(16)21(29)24-19(25-22)13(2)31-23-27-26-20(28(23)3)14-6-5-7-15(11-14)30-4/h5-7,11-13H,8-10H2,1-4H3,(H,24,25,29). The van der Waals surface area contributed by atoms with Crippen molar-refractivity contribution < 1.29 is 4.74 Å². The van der Waals surface area contributed by atoms with Gasteiger partial charge >= 0.3 is 0 Å². The molecule has 0 saturated carbocycles. The Kier molecular flexibility index (Phi) is 5.54. The number of hydrogen-bond acceptors (Lipinski definition) is 7. The van der Waals surface area contributed by atoms with Crippen LogP contribution in [0.3, 0.4) is 0 Å². The SMILES string of the molecule is COc1cccc(-c2nnc(SC(C)c3nc4sc5c(c4c(=O)[nH]3)CCC(C)C5)n2C)c1. The largest absolute Gasteiger partial charge is 0.497 e. The van der Waals surface area contributed by atoms with Crippen LogP contribution in [0, 0.1) is 5.92 Å². The molecule has 0 aliphatic heterocycles. The van der Waals surface area contributed by atoms with Crippen LogP contribution in [0.1, 0.15) is 41.8 Å². The van der Waals surface area contributed by atoms with Gasteiger partial charge in [0, 0.05) is 17.5 Å². The van der Waals surface area contributed by atoms with Crippen LogP contribution < -0.4 is 10.3 Å². The summed E-state index contributed by atoms with van der Waals surface area (Å²) < 4.78 is 7.28. The maximum Gasteiger partial charge on any atom is 0.259 e. The molecule has 1 aromatic carbocycles. The van der Waals surface area contributed by atoms with E-state index in [1.807, 2.05) is 42.8 Å². The maximum atomic E-state index is 12.9. The molecule has 2 atom stereocenters. The average Bonchev–Trinajstić information content (AvgIpc) is 3.33. The van der Waals surface area contributed by atoms with Gasteiger partial charge in [0.15, 0.2) is 11.0 Å². The lowest BCUT2D eigenvalue weighted by molar-refractivity contribution is 0.415. The van der Waals surface area contributed by atoms with E-state index in [1.165, 1.54) is 22.2 Å². The second-order valence-electron chi connectivity index (χ2n) is 8.34. The van der Waals surface area contributed by atoms with Gasteiger partial charge in [-0.3, -0.25) is 4.79 Å². The second-order valence-corrected chi connectivity index (χ2v) is 10.7. The first-order valence-electron chi connectivity index (χ1n) is 10.7. The van der Waals surface area contributed by atoms with Crippen molar-refractivity contribution in [1.29, 1.82) is 0 Å². The Labute approximate surface area is 194 Å². The number of benzene rings is 1.